The largest absolute Gasteiger partial charge is 0.376 e. The molecule has 2 saturated heterocycles. The first-order valence-corrected chi connectivity index (χ1v) is 6.16. The monoisotopic (exact) mass is 226 g/mol. The van der Waals surface area contributed by atoms with Crippen molar-refractivity contribution in [1.82, 2.24) is 10.2 Å². The van der Waals surface area contributed by atoms with E-state index in [1.807, 2.05) is 11.8 Å². The average Bonchev–Trinajstić information content (AvgIpc) is 2.65. The zero-order chi connectivity index (χ0) is 11.8. The third-order valence-electron chi connectivity index (χ3n) is 3.32. The molecule has 1 amide bonds. The van der Waals surface area contributed by atoms with Crippen LogP contribution < -0.4 is 5.32 Å². The molecule has 2 aliphatic rings. The van der Waals surface area contributed by atoms with Crippen LogP contribution in [0, 0.1) is 0 Å². The van der Waals surface area contributed by atoms with Crippen LogP contribution in [0.15, 0.2) is 0 Å². The number of carbonyl (C=O) groups excluding carboxylic acids is 1. The predicted molar refractivity (Wildman–Crippen MR) is 62.2 cm³/mol. The second kappa shape index (κ2) is 4.34. The summed E-state index contributed by atoms with van der Waals surface area (Å²) in [6.45, 7) is 8.59. The fourth-order valence-electron chi connectivity index (χ4n) is 2.71. The van der Waals surface area contributed by atoms with Gasteiger partial charge in [0, 0.05) is 25.2 Å². The molecule has 4 nitrogen and oxygen atoms in total. The van der Waals surface area contributed by atoms with E-state index in [1.54, 1.807) is 0 Å². The lowest BCUT2D eigenvalue weighted by Crippen LogP contribution is -2.64. The summed E-state index contributed by atoms with van der Waals surface area (Å²) in [5.41, 5.74) is 0.00588. The molecule has 2 unspecified atom stereocenters. The molecular weight excluding hydrogens is 204 g/mol. The van der Waals surface area contributed by atoms with Crippen molar-refractivity contribution < 1.29 is 9.53 Å². The molecule has 1 N–H and O–H groups in total. The van der Waals surface area contributed by atoms with Crippen LogP contribution >= 0.6 is 0 Å². The van der Waals surface area contributed by atoms with Crippen LogP contribution in [0.5, 0.6) is 0 Å². The van der Waals surface area contributed by atoms with Crippen molar-refractivity contribution in [1.29, 1.82) is 0 Å². The van der Waals surface area contributed by atoms with Gasteiger partial charge >= 0.3 is 0 Å². The van der Waals surface area contributed by atoms with Crippen molar-refractivity contribution in [2.45, 2.75) is 51.3 Å². The highest BCUT2D eigenvalue weighted by Crippen LogP contribution is 2.19. The number of nitrogens with zero attached hydrogens (tertiary/aromatic N) is 1. The van der Waals surface area contributed by atoms with E-state index in [1.165, 1.54) is 0 Å². The van der Waals surface area contributed by atoms with Gasteiger partial charge in [-0.2, -0.15) is 0 Å². The Kier molecular flexibility index (Phi) is 3.22. The Morgan fingerprint density at radius 2 is 2.31 bits per heavy atom. The summed E-state index contributed by atoms with van der Waals surface area (Å²) in [5.74, 6) is 0.204. The fourth-order valence-corrected chi connectivity index (χ4v) is 2.71. The lowest BCUT2D eigenvalue weighted by atomic mass is 9.98. The number of amides is 1. The van der Waals surface area contributed by atoms with Gasteiger partial charge in [0.25, 0.3) is 0 Å². The molecule has 0 bridgehead atoms. The van der Waals surface area contributed by atoms with Crippen LogP contribution in [-0.4, -0.2) is 48.2 Å². The topological polar surface area (TPSA) is 41.6 Å². The van der Waals surface area contributed by atoms with E-state index in [4.69, 9.17) is 4.74 Å². The van der Waals surface area contributed by atoms with Gasteiger partial charge in [-0.05, 0) is 33.6 Å². The molecule has 0 aliphatic carbocycles. The maximum Gasteiger partial charge on any atom is 0.239 e. The Morgan fingerprint density at radius 1 is 1.56 bits per heavy atom. The van der Waals surface area contributed by atoms with Gasteiger partial charge in [0.1, 0.15) is 0 Å². The molecule has 4 heteroatoms. The molecule has 0 radical (unpaired) electrons. The zero-order valence-electron chi connectivity index (χ0n) is 10.5. The van der Waals surface area contributed by atoms with Crippen molar-refractivity contribution >= 4 is 5.91 Å². The number of piperazine rings is 1. The highest BCUT2D eigenvalue weighted by atomic mass is 16.5. The van der Waals surface area contributed by atoms with Crippen LogP contribution in [0.4, 0.5) is 0 Å². The van der Waals surface area contributed by atoms with Crippen LogP contribution in [0.3, 0.4) is 0 Å². The van der Waals surface area contributed by atoms with Gasteiger partial charge in [0.05, 0.1) is 12.1 Å². The molecule has 0 aromatic heterocycles. The number of carbonyl (C=O) groups is 1. The Balaban J connectivity index is 1.98. The summed E-state index contributed by atoms with van der Waals surface area (Å²) in [5, 5.41) is 3.33. The SMILES string of the molecule is CC1NC(C)(C)CN(CC2CCCO2)C1=O. The minimum absolute atomic E-state index is 0.00588. The fraction of sp³-hybridized carbons (Fsp3) is 0.917. The quantitative estimate of drug-likeness (QED) is 0.756. The molecule has 0 aromatic rings. The van der Waals surface area contributed by atoms with E-state index in [0.717, 1.165) is 32.5 Å². The molecule has 2 rings (SSSR count). The van der Waals surface area contributed by atoms with E-state index in [0.29, 0.717) is 0 Å². The van der Waals surface area contributed by atoms with Crippen LogP contribution in [-0.2, 0) is 9.53 Å². The number of hydrogen-bond donors (Lipinski definition) is 1. The maximum absolute atomic E-state index is 12.0. The molecular formula is C12H22N2O2. The number of rotatable bonds is 2. The minimum atomic E-state index is -0.0786. The van der Waals surface area contributed by atoms with Crippen LogP contribution in [0.25, 0.3) is 0 Å². The molecule has 16 heavy (non-hydrogen) atoms. The highest BCUT2D eigenvalue weighted by molar-refractivity contribution is 5.82. The molecule has 2 fully saturated rings. The summed E-state index contributed by atoms with van der Waals surface area (Å²) >= 11 is 0. The Hall–Kier alpha value is -0.610. The molecule has 2 aliphatic heterocycles. The van der Waals surface area contributed by atoms with Crippen molar-refractivity contribution in [2.24, 2.45) is 0 Å². The molecule has 0 saturated carbocycles. The van der Waals surface area contributed by atoms with Gasteiger partial charge in [-0.3, -0.25) is 10.1 Å². The number of hydrogen-bond acceptors (Lipinski definition) is 3. The standard InChI is InChI=1S/C12H22N2O2/c1-9-11(15)14(8-12(2,3)13-9)7-10-5-4-6-16-10/h9-10,13H,4-8H2,1-3H3. The lowest BCUT2D eigenvalue weighted by Gasteiger charge is -2.42. The first-order valence-electron chi connectivity index (χ1n) is 6.16. The smallest absolute Gasteiger partial charge is 0.239 e. The molecule has 0 spiro atoms. The summed E-state index contributed by atoms with van der Waals surface area (Å²) < 4.78 is 5.59. The second-order valence-electron chi connectivity index (χ2n) is 5.60. The maximum atomic E-state index is 12.0. The summed E-state index contributed by atoms with van der Waals surface area (Å²) in [6, 6.07) is -0.0786. The first kappa shape index (κ1) is 11.9. The highest BCUT2D eigenvalue weighted by Gasteiger charge is 2.36. The van der Waals surface area contributed by atoms with Gasteiger partial charge in [-0.1, -0.05) is 0 Å². The van der Waals surface area contributed by atoms with E-state index in [2.05, 4.69) is 19.2 Å². The second-order valence-corrected chi connectivity index (χ2v) is 5.60. The summed E-state index contributed by atoms with van der Waals surface area (Å²) in [6.07, 6.45) is 2.47. The van der Waals surface area contributed by atoms with Gasteiger partial charge < -0.3 is 9.64 Å². The Morgan fingerprint density at radius 3 is 2.94 bits per heavy atom. The van der Waals surface area contributed by atoms with E-state index in [9.17, 15) is 4.79 Å². The van der Waals surface area contributed by atoms with Gasteiger partial charge in [0.15, 0.2) is 0 Å². The Bertz CT molecular complexity index is 272. The number of ether oxygens (including phenoxy) is 1. The normalized spacial score (nSPS) is 34.4. The summed E-state index contributed by atoms with van der Waals surface area (Å²) in [4.78, 5) is 14.0. The van der Waals surface area contributed by atoms with Crippen molar-refractivity contribution in [3.8, 4) is 0 Å². The molecule has 2 atom stereocenters. The first-order chi connectivity index (χ1) is 7.48. The third kappa shape index (κ3) is 2.55. The average molecular weight is 226 g/mol. The van der Waals surface area contributed by atoms with Crippen LogP contribution in [0.2, 0.25) is 0 Å². The zero-order valence-corrected chi connectivity index (χ0v) is 10.5. The summed E-state index contributed by atoms with van der Waals surface area (Å²) in [7, 11) is 0. The van der Waals surface area contributed by atoms with Gasteiger partial charge in [-0.25, -0.2) is 0 Å². The molecule has 0 aromatic carbocycles. The minimum Gasteiger partial charge on any atom is -0.376 e. The van der Waals surface area contributed by atoms with Crippen molar-refractivity contribution in [3.63, 3.8) is 0 Å². The van der Waals surface area contributed by atoms with Crippen molar-refractivity contribution in [2.75, 3.05) is 19.7 Å². The van der Waals surface area contributed by atoms with E-state index < -0.39 is 0 Å². The van der Waals surface area contributed by atoms with Crippen molar-refractivity contribution in [3.05, 3.63) is 0 Å². The third-order valence-corrected chi connectivity index (χ3v) is 3.32. The van der Waals surface area contributed by atoms with Gasteiger partial charge in [0.2, 0.25) is 5.91 Å². The Labute approximate surface area is 97.3 Å². The van der Waals surface area contributed by atoms with Gasteiger partial charge in [-0.15, -0.1) is 0 Å². The van der Waals surface area contributed by atoms with E-state index >= 15 is 0 Å². The van der Waals surface area contributed by atoms with Crippen LogP contribution in [0.1, 0.15) is 33.6 Å². The lowest BCUT2D eigenvalue weighted by molar-refractivity contribution is -0.139. The predicted octanol–water partition coefficient (Wildman–Crippen LogP) is 0.764. The molecule has 92 valence electrons. The molecule has 2 heterocycles. The van der Waals surface area contributed by atoms with E-state index in [-0.39, 0.29) is 23.6 Å². The number of nitrogens with one attached hydrogen (secondary N) is 1.